The summed E-state index contributed by atoms with van der Waals surface area (Å²) in [6.45, 7) is 2.34. The Labute approximate surface area is 83.3 Å². The van der Waals surface area contributed by atoms with Crippen LogP contribution in [-0.2, 0) is 9.53 Å². The second-order valence-electron chi connectivity index (χ2n) is 2.70. The Morgan fingerprint density at radius 1 is 1.69 bits per heavy atom. The van der Waals surface area contributed by atoms with Crippen LogP contribution in [0, 0.1) is 0 Å². The number of hydrogen-bond donors (Lipinski definition) is 2. The zero-order chi connectivity index (χ0) is 10.1. The van der Waals surface area contributed by atoms with Crippen LogP contribution in [0.3, 0.4) is 0 Å². The molecule has 13 heavy (non-hydrogen) atoms. The third kappa shape index (κ3) is 5.85. The van der Waals surface area contributed by atoms with Crippen molar-refractivity contribution < 1.29 is 14.6 Å². The first-order chi connectivity index (χ1) is 6.26. The molecule has 5 heteroatoms. The van der Waals surface area contributed by atoms with Gasteiger partial charge in [-0.1, -0.05) is 13.3 Å². The second-order valence-corrected chi connectivity index (χ2v) is 2.91. The maximum absolute atomic E-state index is 11.2. The normalized spacial score (nSPS) is 12.5. The molecule has 0 radical (unpaired) electrons. The minimum absolute atomic E-state index is 0.0900. The summed E-state index contributed by atoms with van der Waals surface area (Å²) in [6, 6.07) is -0.608. The molecule has 0 spiro atoms. The molecule has 0 saturated heterocycles. The summed E-state index contributed by atoms with van der Waals surface area (Å²) < 4.78 is 4.89. The van der Waals surface area contributed by atoms with Crippen molar-refractivity contribution >= 4 is 17.7 Å². The number of esters is 1. The Kier molecular flexibility index (Phi) is 8.08. The molecule has 0 aliphatic heterocycles. The van der Waals surface area contributed by atoms with E-state index in [4.69, 9.17) is 21.6 Å². The van der Waals surface area contributed by atoms with Gasteiger partial charge in [-0.15, -0.1) is 0 Å². The fourth-order valence-electron chi connectivity index (χ4n) is 0.764. The van der Waals surface area contributed by atoms with Crippen molar-refractivity contribution in [1.82, 2.24) is 4.84 Å². The average molecular weight is 210 g/mol. The highest BCUT2D eigenvalue weighted by Crippen LogP contribution is 1.98. The van der Waals surface area contributed by atoms with Crippen molar-refractivity contribution in [2.24, 2.45) is 0 Å². The molecule has 4 nitrogen and oxygen atoms in total. The average Bonchev–Trinajstić information content (AvgIpc) is 2.14. The molecule has 1 unspecified atom stereocenters. The van der Waals surface area contributed by atoms with Gasteiger partial charge >= 0.3 is 5.97 Å². The number of rotatable bonds is 7. The van der Waals surface area contributed by atoms with Crippen molar-refractivity contribution in [3.8, 4) is 0 Å². The van der Waals surface area contributed by atoms with E-state index in [9.17, 15) is 4.79 Å². The number of carbonyl (C=O) groups excluding carboxylic acids is 1. The first kappa shape index (κ1) is 12.7. The zero-order valence-electron chi connectivity index (χ0n) is 7.75. The monoisotopic (exact) mass is 209 g/mol. The van der Waals surface area contributed by atoms with Crippen LogP contribution in [0.2, 0.25) is 0 Å². The van der Waals surface area contributed by atoms with E-state index < -0.39 is 12.0 Å². The minimum atomic E-state index is -0.608. The van der Waals surface area contributed by atoms with E-state index in [0.29, 0.717) is 6.61 Å². The molecule has 0 fully saturated rings. The lowest BCUT2D eigenvalue weighted by Crippen LogP contribution is -2.33. The van der Waals surface area contributed by atoms with Gasteiger partial charge < -0.3 is 9.84 Å². The number of aliphatic hydroxyl groups excluding tert-OH is 1. The molecule has 0 aromatic rings. The van der Waals surface area contributed by atoms with Crippen LogP contribution in [0.1, 0.15) is 26.2 Å². The molecule has 0 amide bonds. The van der Waals surface area contributed by atoms with Gasteiger partial charge in [0.15, 0.2) is 0 Å². The highest BCUT2D eigenvalue weighted by molar-refractivity contribution is 6.14. The number of halogens is 1. The predicted molar refractivity (Wildman–Crippen MR) is 50.3 cm³/mol. The Balaban J connectivity index is 3.64. The summed E-state index contributed by atoms with van der Waals surface area (Å²) in [6.07, 6.45) is 2.10. The number of nitrogens with one attached hydrogen (secondary N) is 1. The number of carbonyl (C=O) groups is 1. The van der Waals surface area contributed by atoms with Gasteiger partial charge in [0.05, 0.1) is 6.61 Å². The fraction of sp³-hybridized carbons (Fsp3) is 0.875. The van der Waals surface area contributed by atoms with E-state index >= 15 is 0 Å². The Morgan fingerprint density at radius 3 is 2.85 bits per heavy atom. The molecule has 0 heterocycles. The fourth-order valence-corrected chi connectivity index (χ4v) is 0.962. The third-order valence-corrected chi connectivity index (χ3v) is 1.84. The molecule has 0 aromatic heterocycles. The highest BCUT2D eigenvalue weighted by Gasteiger charge is 2.17. The second kappa shape index (κ2) is 8.29. The largest absolute Gasteiger partial charge is 0.464 e. The smallest absolute Gasteiger partial charge is 0.324 e. The lowest BCUT2D eigenvalue weighted by atomic mass is 10.2. The van der Waals surface area contributed by atoms with Crippen molar-refractivity contribution in [2.75, 3.05) is 13.2 Å². The molecule has 78 valence electrons. The molecule has 0 rings (SSSR count). The molecule has 0 aromatic carbocycles. The van der Waals surface area contributed by atoms with Crippen molar-refractivity contribution in [3.05, 3.63) is 0 Å². The van der Waals surface area contributed by atoms with Gasteiger partial charge in [0, 0.05) is 6.61 Å². The molecule has 0 bridgehead atoms. The molecule has 0 aliphatic rings. The topological polar surface area (TPSA) is 58.6 Å². The number of unbranched alkanes of at least 4 members (excludes halogenated alkanes) is 1. The van der Waals surface area contributed by atoms with E-state index in [-0.39, 0.29) is 13.0 Å². The van der Waals surface area contributed by atoms with Crippen molar-refractivity contribution in [2.45, 2.75) is 32.2 Å². The van der Waals surface area contributed by atoms with Crippen molar-refractivity contribution in [3.63, 3.8) is 0 Å². The van der Waals surface area contributed by atoms with Gasteiger partial charge in [0.2, 0.25) is 0 Å². The summed E-state index contributed by atoms with van der Waals surface area (Å²) in [5.41, 5.74) is 0. The standard InChI is InChI=1S/C8H16ClNO3/c1-2-3-6-13-8(12)7(10-9)4-5-11/h7,10-11H,2-6H2,1H3. The summed E-state index contributed by atoms with van der Waals surface area (Å²) in [4.78, 5) is 13.4. The number of ether oxygens (including phenoxy) is 1. The summed E-state index contributed by atoms with van der Waals surface area (Å²) in [5, 5.41) is 8.58. The van der Waals surface area contributed by atoms with Gasteiger partial charge in [0.1, 0.15) is 6.04 Å². The first-order valence-electron chi connectivity index (χ1n) is 4.39. The molecular formula is C8H16ClNO3. The van der Waals surface area contributed by atoms with Crippen LogP contribution in [0.15, 0.2) is 0 Å². The lowest BCUT2D eigenvalue weighted by Gasteiger charge is -2.11. The van der Waals surface area contributed by atoms with Crippen LogP contribution >= 0.6 is 11.8 Å². The van der Waals surface area contributed by atoms with Gasteiger partial charge in [-0.3, -0.25) is 4.79 Å². The molecule has 2 N–H and O–H groups in total. The molecular weight excluding hydrogens is 194 g/mol. The number of hydrogen-bond acceptors (Lipinski definition) is 4. The molecule has 1 atom stereocenters. The Morgan fingerprint density at radius 2 is 2.38 bits per heavy atom. The molecule has 0 aliphatic carbocycles. The highest BCUT2D eigenvalue weighted by atomic mass is 35.5. The molecule has 0 saturated carbocycles. The predicted octanol–water partition coefficient (Wildman–Crippen LogP) is 0.824. The Hall–Kier alpha value is -0.320. The summed E-state index contributed by atoms with van der Waals surface area (Å²) in [7, 11) is 0. The van der Waals surface area contributed by atoms with E-state index in [1.165, 1.54) is 0 Å². The Bertz CT molecular complexity index is 143. The summed E-state index contributed by atoms with van der Waals surface area (Å²) in [5.74, 6) is -0.405. The van der Waals surface area contributed by atoms with Crippen LogP contribution in [0.5, 0.6) is 0 Å². The minimum Gasteiger partial charge on any atom is -0.464 e. The van der Waals surface area contributed by atoms with E-state index in [1.54, 1.807) is 0 Å². The lowest BCUT2D eigenvalue weighted by molar-refractivity contribution is -0.146. The van der Waals surface area contributed by atoms with Crippen molar-refractivity contribution in [1.29, 1.82) is 0 Å². The van der Waals surface area contributed by atoms with Crippen LogP contribution in [0.4, 0.5) is 0 Å². The summed E-state index contributed by atoms with van der Waals surface area (Å²) >= 11 is 5.29. The third-order valence-electron chi connectivity index (χ3n) is 1.58. The zero-order valence-corrected chi connectivity index (χ0v) is 8.51. The quantitative estimate of drug-likeness (QED) is 0.370. The maximum Gasteiger partial charge on any atom is 0.324 e. The van der Waals surface area contributed by atoms with Gasteiger partial charge in [0.25, 0.3) is 0 Å². The van der Waals surface area contributed by atoms with Crippen LogP contribution < -0.4 is 4.84 Å². The maximum atomic E-state index is 11.2. The van der Waals surface area contributed by atoms with Gasteiger partial charge in [-0.05, 0) is 24.6 Å². The van der Waals surface area contributed by atoms with E-state index in [2.05, 4.69) is 4.84 Å². The van der Waals surface area contributed by atoms with Gasteiger partial charge in [-0.25, -0.2) is 4.84 Å². The van der Waals surface area contributed by atoms with Gasteiger partial charge in [-0.2, -0.15) is 0 Å². The SMILES string of the molecule is CCCCOC(=O)C(CCO)NCl. The number of aliphatic hydroxyl groups is 1. The van der Waals surface area contributed by atoms with E-state index in [0.717, 1.165) is 12.8 Å². The first-order valence-corrected chi connectivity index (χ1v) is 4.77. The van der Waals surface area contributed by atoms with Crippen LogP contribution in [-0.4, -0.2) is 30.3 Å². The van der Waals surface area contributed by atoms with Crippen LogP contribution in [0.25, 0.3) is 0 Å². The van der Waals surface area contributed by atoms with E-state index in [1.807, 2.05) is 6.92 Å².